The van der Waals surface area contributed by atoms with Crippen molar-refractivity contribution in [2.45, 2.75) is 0 Å². The molecular formula is C24H16Cl2O5. The van der Waals surface area contributed by atoms with E-state index in [9.17, 15) is 9.59 Å². The predicted octanol–water partition coefficient (Wildman–Crippen LogP) is 6.04. The summed E-state index contributed by atoms with van der Waals surface area (Å²) in [4.78, 5) is 24.5. The Morgan fingerprint density at radius 1 is 0.903 bits per heavy atom. The number of fused-ring (bicyclic) bond motifs is 1. The van der Waals surface area contributed by atoms with Crippen LogP contribution in [0, 0.1) is 0 Å². The van der Waals surface area contributed by atoms with E-state index < -0.39 is 5.63 Å². The van der Waals surface area contributed by atoms with Crippen molar-refractivity contribution >= 4 is 40.0 Å². The average molecular weight is 455 g/mol. The van der Waals surface area contributed by atoms with Crippen LogP contribution in [-0.2, 0) is 0 Å². The van der Waals surface area contributed by atoms with Crippen molar-refractivity contribution in [2.24, 2.45) is 0 Å². The molecule has 4 rings (SSSR count). The second-order valence-electron chi connectivity index (χ2n) is 6.71. The number of ketones is 1. The molecule has 4 aromatic rings. The number of hydrogen-bond acceptors (Lipinski definition) is 5. The number of Topliss-reactive ketones (excluding diaryl/α,β-unsaturated/α-hetero) is 1. The van der Waals surface area contributed by atoms with Gasteiger partial charge in [-0.15, -0.1) is 0 Å². The Hall–Kier alpha value is -3.28. The van der Waals surface area contributed by atoms with Crippen LogP contribution in [0.3, 0.4) is 0 Å². The maximum atomic E-state index is 12.4. The molecule has 0 N–H and O–H groups in total. The van der Waals surface area contributed by atoms with Crippen LogP contribution in [0.2, 0.25) is 10.0 Å². The van der Waals surface area contributed by atoms with Crippen molar-refractivity contribution in [1.29, 1.82) is 0 Å². The van der Waals surface area contributed by atoms with Crippen molar-refractivity contribution < 1.29 is 18.7 Å². The predicted molar refractivity (Wildman–Crippen MR) is 121 cm³/mol. The first-order valence-electron chi connectivity index (χ1n) is 9.28. The molecule has 0 amide bonds. The third-order valence-corrected chi connectivity index (χ3v) is 5.47. The minimum atomic E-state index is -0.484. The van der Waals surface area contributed by atoms with Gasteiger partial charge in [0.25, 0.3) is 0 Å². The SMILES string of the molecule is COc1ccc(-c2cc(=O)oc3cc(OCC(=O)c4ccc(Cl)c(Cl)c4)ccc23)cc1. The molecule has 7 heteroatoms. The summed E-state index contributed by atoms with van der Waals surface area (Å²) in [6.45, 7) is -0.203. The molecule has 0 fully saturated rings. The molecule has 31 heavy (non-hydrogen) atoms. The Morgan fingerprint density at radius 2 is 1.65 bits per heavy atom. The van der Waals surface area contributed by atoms with E-state index in [1.807, 2.05) is 24.3 Å². The number of rotatable bonds is 6. The van der Waals surface area contributed by atoms with Gasteiger partial charge in [-0.05, 0) is 53.6 Å². The van der Waals surface area contributed by atoms with Gasteiger partial charge in [0, 0.05) is 23.1 Å². The zero-order valence-corrected chi connectivity index (χ0v) is 17.9. The lowest BCUT2D eigenvalue weighted by Gasteiger charge is -2.10. The third kappa shape index (κ3) is 4.58. The Balaban J connectivity index is 1.60. The van der Waals surface area contributed by atoms with Crippen LogP contribution in [0.1, 0.15) is 10.4 Å². The first-order valence-corrected chi connectivity index (χ1v) is 10.0. The lowest BCUT2D eigenvalue weighted by molar-refractivity contribution is 0.0921. The van der Waals surface area contributed by atoms with Crippen LogP contribution in [-0.4, -0.2) is 19.5 Å². The van der Waals surface area contributed by atoms with Crippen molar-refractivity contribution in [3.05, 3.63) is 92.8 Å². The molecular weight excluding hydrogens is 439 g/mol. The van der Waals surface area contributed by atoms with Gasteiger partial charge >= 0.3 is 5.63 Å². The quantitative estimate of drug-likeness (QED) is 0.262. The number of carbonyl (C=O) groups excluding carboxylic acids is 1. The molecule has 0 unspecified atom stereocenters. The molecule has 0 atom stereocenters. The second-order valence-corrected chi connectivity index (χ2v) is 7.52. The van der Waals surface area contributed by atoms with Gasteiger partial charge in [0.1, 0.15) is 17.1 Å². The summed E-state index contributed by atoms with van der Waals surface area (Å²) >= 11 is 11.8. The first kappa shape index (κ1) is 21.0. The van der Waals surface area contributed by atoms with Gasteiger partial charge in [-0.3, -0.25) is 4.79 Å². The standard InChI is InChI=1S/C24H16Cl2O5/c1-29-16-5-2-14(3-6-16)19-12-24(28)31-23-11-17(7-8-18(19)23)30-13-22(27)15-4-9-20(25)21(26)10-15/h2-12H,13H2,1H3. The molecule has 0 spiro atoms. The van der Waals surface area contributed by atoms with E-state index in [0.29, 0.717) is 26.9 Å². The second kappa shape index (κ2) is 8.84. The van der Waals surface area contributed by atoms with Crippen molar-refractivity contribution in [3.8, 4) is 22.6 Å². The van der Waals surface area contributed by atoms with Gasteiger partial charge in [0.2, 0.25) is 0 Å². The molecule has 0 aliphatic carbocycles. The molecule has 0 aliphatic heterocycles. The highest BCUT2D eigenvalue weighted by Gasteiger charge is 2.12. The molecule has 0 saturated carbocycles. The van der Waals surface area contributed by atoms with Crippen LogP contribution >= 0.6 is 23.2 Å². The van der Waals surface area contributed by atoms with Gasteiger partial charge < -0.3 is 13.9 Å². The Morgan fingerprint density at radius 3 is 2.35 bits per heavy atom. The summed E-state index contributed by atoms with van der Waals surface area (Å²) < 4.78 is 16.1. The van der Waals surface area contributed by atoms with E-state index in [-0.39, 0.29) is 12.4 Å². The fourth-order valence-corrected chi connectivity index (χ4v) is 3.44. The van der Waals surface area contributed by atoms with Gasteiger partial charge in [-0.1, -0.05) is 35.3 Å². The van der Waals surface area contributed by atoms with Crippen LogP contribution in [0.15, 0.2) is 75.9 Å². The van der Waals surface area contributed by atoms with Crippen LogP contribution in [0.5, 0.6) is 11.5 Å². The maximum absolute atomic E-state index is 12.4. The highest BCUT2D eigenvalue weighted by molar-refractivity contribution is 6.42. The monoisotopic (exact) mass is 454 g/mol. The van der Waals surface area contributed by atoms with Crippen molar-refractivity contribution in [1.82, 2.24) is 0 Å². The zero-order chi connectivity index (χ0) is 22.0. The highest BCUT2D eigenvalue weighted by atomic mass is 35.5. The third-order valence-electron chi connectivity index (χ3n) is 4.73. The molecule has 3 aromatic carbocycles. The van der Waals surface area contributed by atoms with Crippen LogP contribution in [0.4, 0.5) is 0 Å². The minimum absolute atomic E-state index is 0.203. The van der Waals surface area contributed by atoms with E-state index in [1.165, 1.54) is 12.1 Å². The van der Waals surface area contributed by atoms with Crippen molar-refractivity contribution in [2.75, 3.05) is 13.7 Å². The number of ether oxygens (including phenoxy) is 2. The number of methoxy groups -OCH3 is 1. The summed E-state index contributed by atoms with van der Waals surface area (Å²) in [7, 11) is 1.59. The number of benzene rings is 3. The van der Waals surface area contributed by atoms with E-state index in [2.05, 4.69) is 0 Å². The number of carbonyl (C=O) groups is 1. The molecule has 0 aliphatic rings. The normalized spacial score (nSPS) is 10.8. The maximum Gasteiger partial charge on any atom is 0.336 e. The van der Waals surface area contributed by atoms with Crippen molar-refractivity contribution in [3.63, 3.8) is 0 Å². The Kier molecular flexibility index (Phi) is 5.98. The summed E-state index contributed by atoms with van der Waals surface area (Å²) in [5.41, 5.74) is 1.85. The molecule has 5 nitrogen and oxygen atoms in total. The first-order chi connectivity index (χ1) is 14.9. The lowest BCUT2D eigenvalue weighted by Crippen LogP contribution is -2.11. The molecule has 0 saturated heterocycles. The summed E-state index contributed by atoms with van der Waals surface area (Å²) in [6, 6.07) is 18.6. The molecule has 0 radical (unpaired) electrons. The van der Waals surface area contributed by atoms with Gasteiger partial charge in [0.05, 0.1) is 17.2 Å². The largest absolute Gasteiger partial charge is 0.497 e. The Labute approximate surface area is 187 Å². The highest BCUT2D eigenvalue weighted by Crippen LogP contribution is 2.31. The topological polar surface area (TPSA) is 65.7 Å². The number of hydrogen-bond donors (Lipinski definition) is 0. The summed E-state index contributed by atoms with van der Waals surface area (Å²) in [5.74, 6) is 0.862. The summed E-state index contributed by atoms with van der Waals surface area (Å²) in [5, 5.41) is 1.41. The smallest absolute Gasteiger partial charge is 0.336 e. The fraction of sp³-hybridized carbons (Fsp3) is 0.0833. The Bertz CT molecular complexity index is 1330. The van der Waals surface area contributed by atoms with E-state index in [1.54, 1.807) is 37.4 Å². The van der Waals surface area contributed by atoms with E-state index in [4.69, 9.17) is 37.1 Å². The zero-order valence-electron chi connectivity index (χ0n) is 16.4. The van der Waals surface area contributed by atoms with E-state index in [0.717, 1.165) is 22.3 Å². The molecule has 156 valence electrons. The minimum Gasteiger partial charge on any atom is -0.497 e. The van der Waals surface area contributed by atoms with E-state index >= 15 is 0 Å². The van der Waals surface area contributed by atoms with Crippen LogP contribution < -0.4 is 15.1 Å². The lowest BCUT2D eigenvalue weighted by atomic mass is 10.0. The summed E-state index contributed by atoms with van der Waals surface area (Å²) in [6.07, 6.45) is 0. The molecule has 0 bridgehead atoms. The molecule has 1 heterocycles. The number of halogens is 2. The van der Waals surface area contributed by atoms with Gasteiger partial charge in [-0.25, -0.2) is 4.79 Å². The average Bonchev–Trinajstić information content (AvgIpc) is 2.78. The van der Waals surface area contributed by atoms with Gasteiger partial charge in [-0.2, -0.15) is 0 Å². The van der Waals surface area contributed by atoms with Crippen LogP contribution in [0.25, 0.3) is 22.1 Å². The van der Waals surface area contributed by atoms with Gasteiger partial charge in [0.15, 0.2) is 12.4 Å². The molecule has 1 aromatic heterocycles. The fourth-order valence-electron chi connectivity index (χ4n) is 3.14.